The molecular formula is C6H16NOP. The topological polar surface area (TPSA) is 43.1 Å². The smallest absolute Gasteiger partial charge is 0.0836 e. The molecule has 0 rings (SSSR count). The summed E-state index contributed by atoms with van der Waals surface area (Å²) in [5.41, 5.74) is 5.37. The monoisotopic (exact) mass is 149 g/mol. The summed E-state index contributed by atoms with van der Waals surface area (Å²) in [6.07, 6.45) is 0.625. The lowest BCUT2D eigenvalue weighted by Gasteiger charge is -2.20. The van der Waals surface area contributed by atoms with Gasteiger partial charge in [0.2, 0.25) is 0 Å². The zero-order chi connectivity index (χ0) is 7.71. The maximum Gasteiger partial charge on any atom is 0.0836 e. The fraction of sp³-hybridized carbons (Fsp3) is 1.00. The van der Waals surface area contributed by atoms with Gasteiger partial charge in [-0.05, 0) is 27.2 Å². The Balaban J connectivity index is 3.90. The zero-order valence-corrected chi connectivity index (χ0v) is 7.53. The van der Waals surface area contributed by atoms with E-state index in [0.29, 0.717) is 6.16 Å². The van der Waals surface area contributed by atoms with E-state index in [0.717, 1.165) is 0 Å². The number of nitrogens with two attached hydrogens (primary N) is 1. The molecule has 0 fully saturated rings. The van der Waals surface area contributed by atoms with Crippen molar-refractivity contribution in [3.05, 3.63) is 0 Å². The molecule has 2 N–H and O–H groups in total. The third-order valence-corrected chi connectivity index (χ3v) is 2.36. The van der Waals surface area contributed by atoms with Crippen LogP contribution < -0.4 is 5.73 Å². The molecule has 0 bridgehead atoms. The van der Waals surface area contributed by atoms with Crippen LogP contribution in [-0.4, -0.2) is 25.0 Å². The normalized spacial score (nSPS) is 13.9. The summed E-state index contributed by atoms with van der Waals surface area (Å²) >= 11 is 0. The first-order valence-electron chi connectivity index (χ1n) is 3.04. The summed E-state index contributed by atoms with van der Waals surface area (Å²) < 4.78 is 11.2. The predicted molar refractivity (Wildman–Crippen MR) is 42.6 cm³/mol. The minimum absolute atomic E-state index is 0.279. The lowest BCUT2D eigenvalue weighted by molar-refractivity contribution is 0.545. The van der Waals surface area contributed by atoms with Crippen LogP contribution in [0.3, 0.4) is 0 Å². The molecule has 0 aliphatic heterocycles. The SMILES string of the molecule is CC(C)(N)CP(C)(C)=O. The van der Waals surface area contributed by atoms with E-state index >= 15 is 0 Å². The second-order valence-electron chi connectivity index (χ2n) is 3.72. The molecule has 0 heterocycles. The van der Waals surface area contributed by atoms with Crippen LogP contribution in [0.4, 0.5) is 0 Å². The third kappa shape index (κ3) is 8.19. The van der Waals surface area contributed by atoms with Crippen molar-refractivity contribution in [2.24, 2.45) is 5.73 Å². The van der Waals surface area contributed by atoms with Gasteiger partial charge in [-0.2, -0.15) is 0 Å². The fourth-order valence-corrected chi connectivity index (χ4v) is 2.94. The molecule has 0 aromatic carbocycles. The van der Waals surface area contributed by atoms with Crippen LogP contribution in [0, 0.1) is 0 Å². The van der Waals surface area contributed by atoms with Gasteiger partial charge in [0.25, 0.3) is 0 Å². The highest BCUT2D eigenvalue weighted by Gasteiger charge is 2.19. The zero-order valence-electron chi connectivity index (χ0n) is 6.64. The highest BCUT2D eigenvalue weighted by molar-refractivity contribution is 7.62. The molecule has 0 atom stereocenters. The summed E-state index contributed by atoms with van der Waals surface area (Å²) in [7, 11) is -1.91. The van der Waals surface area contributed by atoms with Crippen molar-refractivity contribution in [1.29, 1.82) is 0 Å². The second kappa shape index (κ2) is 2.43. The average molecular weight is 149 g/mol. The first kappa shape index (κ1) is 9.19. The molecule has 0 spiro atoms. The maximum atomic E-state index is 11.2. The van der Waals surface area contributed by atoms with Gasteiger partial charge < -0.3 is 10.3 Å². The molecule has 9 heavy (non-hydrogen) atoms. The molecule has 3 heteroatoms. The molecule has 0 amide bonds. The summed E-state index contributed by atoms with van der Waals surface area (Å²) in [6.45, 7) is 7.32. The Hall–Kier alpha value is 0.190. The van der Waals surface area contributed by atoms with Gasteiger partial charge in [-0.15, -0.1) is 0 Å². The number of hydrogen-bond donors (Lipinski definition) is 1. The molecule has 0 aliphatic carbocycles. The Morgan fingerprint density at radius 1 is 1.44 bits per heavy atom. The maximum absolute atomic E-state index is 11.2. The summed E-state index contributed by atoms with van der Waals surface area (Å²) in [5.74, 6) is 0. The van der Waals surface area contributed by atoms with Gasteiger partial charge in [0.15, 0.2) is 0 Å². The van der Waals surface area contributed by atoms with Gasteiger partial charge in [-0.3, -0.25) is 0 Å². The first-order valence-corrected chi connectivity index (χ1v) is 5.82. The first-order chi connectivity index (χ1) is 3.71. The van der Waals surface area contributed by atoms with Gasteiger partial charge >= 0.3 is 0 Å². The van der Waals surface area contributed by atoms with E-state index in [-0.39, 0.29) is 5.54 Å². The van der Waals surface area contributed by atoms with E-state index < -0.39 is 7.14 Å². The largest absolute Gasteiger partial charge is 0.325 e. The Morgan fingerprint density at radius 2 is 1.78 bits per heavy atom. The van der Waals surface area contributed by atoms with Crippen molar-refractivity contribution in [3.63, 3.8) is 0 Å². The average Bonchev–Trinajstić information content (AvgIpc) is 1.14. The molecule has 0 saturated carbocycles. The van der Waals surface area contributed by atoms with E-state index in [1.807, 2.05) is 13.8 Å². The van der Waals surface area contributed by atoms with Gasteiger partial charge in [-0.1, -0.05) is 0 Å². The van der Waals surface area contributed by atoms with Gasteiger partial charge in [0.05, 0.1) is 7.14 Å². The minimum Gasteiger partial charge on any atom is -0.325 e. The highest BCUT2D eigenvalue weighted by Crippen LogP contribution is 2.38. The molecule has 0 saturated heterocycles. The quantitative estimate of drug-likeness (QED) is 0.602. The molecule has 0 radical (unpaired) electrons. The number of hydrogen-bond acceptors (Lipinski definition) is 2. The van der Waals surface area contributed by atoms with E-state index in [1.165, 1.54) is 0 Å². The second-order valence-corrected chi connectivity index (χ2v) is 7.18. The Labute approximate surface area is 57.2 Å². The van der Waals surface area contributed by atoms with Crippen molar-refractivity contribution < 1.29 is 4.57 Å². The minimum atomic E-state index is -1.91. The van der Waals surface area contributed by atoms with Crippen molar-refractivity contribution in [3.8, 4) is 0 Å². The molecule has 0 aliphatic rings. The van der Waals surface area contributed by atoms with Gasteiger partial charge in [0.1, 0.15) is 0 Å². The van der Waals surface area contributed by atoms with Crippen molar-refractivity contribution in [1.82, 2.24) is 0 Å². The molecule has 56 valence electrons. The standard InChI is InChI=1S/C6H16NOP/c1-6(2,7)5-9(3,4)8/h5,7H2,1-4H3. The molecule has 0 aromatic heterocycles. The van der Waals surface area contributed by atoms with Crippen LogP contribution in [0.25, 0.3) is 0 Å². The Kier molecular flexibility index (Phi) is 2.48. The summed E-state index contributed by atoms with van der Waals surface area (Å²) in [4.78, 5) is 0. The molecule has 2 nitrogen and oxygen atoms in total. The van der Waals surface area contributed by atoms with Crippen molar-refractivity contribution in [2.75, 3.05) is 19.5 Å². The lowest BCUT2D eigenvalue weighted by atomic mass is 10.1. The van der Waals surface area contributed by atoms with Crippen LogP contribution in [-0.2, 0) is 4.57 Å². The van der Waals surface area contributed by atoms with E-state index in [4.69, 9.17) is 5.73 Å². The Morgan fingerprint density at radius 3 is 1.78 bits per heavy atom. The summed E-state index contributed by atoms with van der Waals surface area (Å²) in [6, 6.07) is 0. The lowest BCUT2D eigenvalue weighted by Crippen LogP contribution is -2.35. The molecule has 0 unspecified atom stereocenters. The van der Waals surface area contributed by atoms with E-state index in [2.05, 4.69) is 0 Å². The summed E-state index contributed by atoms with van der Waals surface area (Å²) in [5, 5.41) is 0. The Bertz CT molecular complexity index is 130. The van der Waals surface area contributed by atoms with Crippen LogP contribution in [0.2, 0.25) is 0 Å². The van der Waals surface area contributed by atoms with Crippen LogP contribution in [0.1, 0.15) is 13.8 Å². The van der Waals surface area contributed by atoms with Crippen LogP contribution in [0.5, 0.6) is 0 Å². The molecule has 0 aromatic rings. The van der Waals surface area contributed by atoms with Crippen molar-refractivity contribution in [2.45, 2.75) is 19.4 Å². The van der Waals surface area contributed by atoms with Crippen LogP contribution in [0.15, 0.2) is 0 Å². The van der Waals surface area contributed by atoms with Crippen molar-refractivity contribution >= 4 is 7.14 Å². The predicted octanol–water partition coefficient (Wildman–Crippen LogP) is 1.35. The van der Waals surface area contributed by atoms with E-state index in [9.17, 15) is 4.57 Å². The highest BCUT2D eigenvalue weighted by atomic mass is 31.2. The van der Waals surface area contributed by atoms with Gasteiger partial charge in [-0.25, -0.2) is 0 Å². The number of rotatable bonds is 2. The van der Waals surface area contributed by atoms with E-state index in [1.54, 1.807) is 13.3 Å². The van der Waals surface area contributed by atoms with Gasteiger partial charge in [0, 0.05) is 11.7 Å². The fourth-order valence-electron chi connectivity index (χ4n) is 0.981. The third-order valence-electron chi connectivity index (χ3n) is 0.788. The van der Waals surface area contributed by atoms with Crippen LogP contribution >= 0.6 is 7.14 Å². The molecular weight excluding hydrogens is 133 g/mol.